The molecule has 20 heavy (non-hydrogen) atoms. The van der Waals surface area contributed by atoms with E-state index in [9.17, 15) is 9.59 Å². The number of likely N-dealkylation sites (N-methyl/N-ethyl adjacent to an activating group) is 1. The van der Waals surface area contributed by atoms with Gasteiger partial charge in [-0.2, -0.15) is 0 Å². The van der Waals surface area contributed by atoms with Gasteiger partial charge in [0.15, 0.2) is 0 Å². The number of aromatic nitrogens is 3. The molecule has 0 unspecified atom stereocenters. The second-order valence-electron chi connectivity index (χ2n) is 4.06. The normalized spacial score (nSPS) is 10.1. The molecular weight excluding hydrogens is 260 g/mol. The Labute approximate surface area is 115 Å². The Morgan fingerprint density at radius 3 is 2.75 bits per heavy atom. The van der Waals surface area contributed by atoms with E-state index in [1.807, 2.05) is 0 Å². The Hall–Kier alpha value is -2.70. The average Bonchev–Trinajstić information content (AvgIpc) is 2.98. The largest absolute Gasteiger partial charge is 0.465 e. The minimum atomic E-state index is -0.485. The fourth-order valence-corrected chi connectivity index (χ4v) is 1.74. The molecule has 0 radical (unpaired) electrons. The molecule has 0 saturated heterocycles. The number of esters is 1. The zero-order valence-corrected chi connectivity index (χ0v) is 11.2. The number of methoxy groups -OCH3 is 1. The molecule has 2 aromatic rings. The highest BCUT2D eigenvalue weighted by molar-refractivity contribution is 6.02. The Morgan fingerprint density at radius 1 is 1.35 bits per heavy atom. The van der Waals surface area contributed by atoms with Crippen LogP contribution in [-0.4, -0.2) is 41.0 Å². The molecule has 0 aliphatic rings. The first-order valence-electron chi connectivity index (χ1n) is 5.91. The van der Waals surface area contributed by atoms with Gasteiger partial charge in [-0.3, -0.25) is 4.79 Å². The summed E-state index contributed by atoms with van der Waals surface area (Å²) in [6.07, 6.45) is 3.09. The molecule has 1 aromatic carbocycles. The average molecular weight is 274 g/mol. The highest BCUT2D eigenvalue weighted by Crippen LogP contribution is 2.20. The molecule has 104 valence electrons. The second kappa shape index (κ2) is 5.96. The van der Waals surface area contributed by atoms with Gasteiger partial charge in [-0.05, 0) is 12.1 Å². The molecule has 0 fully saturated rings. The van der Waals surface area contributed by atoms with Crippen LogP contribution in [0.15, 0.2) is 36.7 Å². The second-order valence-corrected chi connectivity index (χ2v) is 4.06. The van der Waals surface area contributed by atoms with Crippen molar-refractivity contribution in [3.8, 4) is 0 Å². The molecule has 0 bridgehead atoms. The molecule has 1 amide bonds. The van der Waals surface area contributed by atoms with Gasteiger partial charge in [-0.15, -0.1) is 5.10 Å². The third-order valence-corrected chi connectivity index (χ3v) is 2.81. The zero-order chi connectivity index (χ0) is 14.5. The summed E-state index contributed by atoms with van der Waals surface area (Å²) >= 11 is 0. The predicted octanol–water partition coefficient (Wildman–Crippen LogP) is 0.728. The van der Waals surface area contributed by atoms with Crippen LogP contribution < -0.4 is 4.90 Å². The van der Waals surface area contributed by atoms with Gasteiger partial charge in [0.1, 0.15) is 6.54 Å². The standard InChI is InChI=1S/C13H14N4O3/c1-16(12(18)9-17-8-7-14-15-17)11-6-4-3-5-10(11)13(19)20-2/h3-8H,9H2,1-2H3. The molecule has 2 rings (SSSR count). The molecule has 7 heteroatoms. The number of ether oxygens (including phenoxy) is 1. The van der Waals surface area contributed by atoms with Crippen molar-refractivity contribution in [1.29, 1.82) is 0 Å². The fraction of sp³-hybridized carbons (Fsp3) is 0.231. The van der Waals surface area contributed by atoms with Crippen LogP contribution >= 0.6 is 0 Å². The topological polar surface area (TPSA) is 77.3 Å². The van der Waals surface area contributed by atoms with Crippen molar-refractivity contribution in [2.24, 2.45) is 0 Å². The van der Waals surface area contributed by atoms with Crippen molar-refractivity contribution in [2.75, 3.05) is 19.1 Å². The Bertz CT molecular complexity index is 610. The summed E-state index contributed by atoms with van der Waals surface area (Å²) in [5, 5.41) is 7.37. The number of nitrogens with zero attached hydrogens (tertiary/aromatic N) is 4. The van der Waals surface area contributed by atoms with Crippen molar-refractivity contribution in [1.82, 2.24) is 15.0 Å². The smallest absolute Gasteiger partial charge is 0.339 e. The lowest BCUT2D eigenvalue weighted by Gasteiger charge is -2.19. The Kier molecular flexibility index (Phi) is 4.09. The van der Waals surface area contributed by atoms with Crippen LogP contribution in [-0.2, 0) is 16.1 Å². The summed E-state index contributed by atoms with van der Waals surface area (Å²) in [4.78, 5) is 25.2. The minimum Gasteiger partial charge on any atom is -0.465 e. The first kappa shape index (κ1) is 13.7. The molecule has 7 nitrogen and oxygen atoms in total. The number of amides is 1. The van der Waals surface area contributed by atoms with Crippen molar-refractivity contribution < 1.29 is 14.3 Å². The third kappa shape index (κ3) is 2.82. The van der Waals surface area contributed by atoms with E-state index in [1.165, 1.54) is 22.9 Å². The summed E-state index contributed by atoms with van der Waals surface area (Å²) in [5.41, 5.74) is 0.828. The molecule has 0 aliphatic heterocycles. The van der Waals surface area contributed by atoms with Crippen molar-refractivity contribution in [3.63, 3.8) is 0 Å². The summed E-state index contributed by atoms with van der Waals surface area (Å²) in [5.74, 6) is -0.701. The number of anilines is 1. The lowest BCUT2D eigenvalue weighted by molar-refractivity contribution is -0.119. The molecule has 0 spiro atoms. The first-order valence-corrected chi connectivity index (χ1v) is 5.91. The lowest BCUT2D eigenvalue weighted by Crippen LogP contribution is -2.31. The van der Waals surface area contributed by atoms with Gasteiger partial charge in [0, 0.05) is 13.2 Å². The third-order valence-electron chi connectivity index (χ3n) is 2.81. The van der Waals surface area contributed by atoms with E-state index in [1.54, 1.807) is 37.5 Å². The van der Waals surface area contributed by atoms with Crippen LogP contribution in [0.3, 0.4) is 0 Å². The molecule has 1 aromatic heterocycles. The number of benzene rings is 1. The monoisotopic (exact) mass is 274 g/mol. The summed E-state index contributed by atoms with van der Waals surface area (Å²) in [6, 6.07) is 6.76. The number of carbonyl (C=O) groups excluding carboxylic acids is 2. The van der Waals surface area contributed by atoms with Crippen LogP contribution in [0.1, 0.15) is 10.4 Å². The molecule has 1 heterocycles. The van der Waals surface area contributed by atoms with E-state index in [-0.39, 0.29) is 12.5 Å². The van der Waals surface area contributed by atoms with E-state index in [0.29, 0.717) is 11.3 Å². The summed E-state index contributed by atoms with van der Waals surface area (Å²) in [6.45, 7) is 0.0476. The summed E-state index contributed by atoms with van der Waals surface area (Å²) in [7, 11) is 2.90. The molecule has 0 atom stereocenters. The Balaban J connectivity index is 2.22. The number of hydrogen-bond acceptors (Lipinski definition) is 5. The number of carbonyl (C=O) groups is 2. The molecule has 0 saturated carbocycles. The van der Waals surface area contributed by atoms with E-state index in [0.717, 1.165) is 0 Å². The minimum absolute atomic E-state index is 0.0476. The molecular formula is C13H14N4O3. The van der Waals surface area contributed by atoms with Crippen LogP contribution in [0.2, 0.25) is 0 Å². The quantitative estimate of drug-likeness (QED) is 0.768. The highest BCUT2D eigenvalue weighted by Gasteiger charge is 2.19. The van der Waals surface area contributed by atoms with Crippen LogP contribution in [0.5, 0.6) is 0 Å². The zero-order valence-electron chi connectivity index (χ0n) is 11.2. The van der Waals surface area contributed by atoms with Crippen molar-refractivity contribution in [3.05, 3.63) is 42.2 Å². The summed E-state index contributed by atoms with van der Waals surface area (Å²) < 4.78 is 6.12. The van der Waals surface area contributed by atoms with Crippen LogP contribution in [0, 0.1) is 0 Å². The van der Waals surface area contributed by atoms with Gasteiger partial charge < -0.3 is 9.64 Å². The van der Waals surface area contributed by atoms with Gasteiger partial charge in [0.2, 0.25) is 5.91 Å². The Morgan fingerprint density at radius 2 is 2.10 bits per heavy atom. The molecule has 0 N–H and O–H groups in total. The van der Waals surface area contributed by atoms with Gasteiger partial charge in [0.25, 0.3) is 0 Å². The number of hydrogen-bond donors (Lipinski definition) is 0. The maximum atomic E-state index is 12.2. The first-order chi connectivity index (χ1) is 9.63. The van der Waals surface area contributed by atoms with Crippen molar-refractivity contribution >= 4 is 17.6 Å². The van der Waals surface area contributed by atoms with Gasteiger partial charge in [0.05, 0.1) is 24.6 Å². The van der Waals surface area contributed by atoms with Crippen LogP contribution in [0.4, 0.5) is 5.69 Å². The van der Waals surface area contributed by atoms with Crippen LogP contribution in [0.25, 0.3) is 0 Å². The van der Waals surface area contributed by atoms with E-state index < -0.39 is 5.97 Å². The number of rotatable bonds is 4. The molecule has 0 aliphatic carbocycles. The van der Waals surface area contributed by atoms with Gasteiger partial charge in [-0.1, -0.05) is 17.3 Å². The maximum absolute atomic E-state index is 12.2. The fourth-order valence-electron chi connectivity index (χ4n) is 1.74. The number of para-hydroxylation sites is 1. The maximum Gasteiger partial charge on any atom is 0.339 e. The van der Waals surface area contributed by atoms with Gasteiger partial charge in [-0.25, -0.2) is 9.48 Å². The SMILES string of the molecule is COC(=O)c1ccccc1N(C)C(=O)Cn1ccnn1. The van der Waals surface area contributed by atoms with Gasteiger partial charge >= 0.3 is 5.97 Å². The van der Waals surface area contributed by atoms with Crippen molar-refractivity contribution in [2.45, 2.75) is 6.54 Å². The van der Waals surface area contributed by atoms with E-state index in [2.05, 4.69) is 10.3 Å². The predicted molar refractivity (Wildman–Crippen MR) is 71.2 cm³/mol. The van der Waals surface area contributed by atoms with E-state index >= 15 is 0 Å². The lowest BCUT2D eigenvalue weighted by atomic mass is 10.1. The van der Waals surface area contributed by atoms with E-state index in [4.69, 9.17) is 4.74 Å². The highest BCUT2D eigenvalue weighted by atomic mass is 16.5.